The number of hydrogen-bond acceptors (Lipinski definition) is 2. The molecule has 0 heterocycles. The van der Waals surface area contributed by atoms with Crippen molar-refractivity contribution in [1.82, 2.24) is 0 Å². The molecule has 1 atom stereocenters. The molecule has 1 aromatic carbocycles. The maximum Gasteiger partial charge on any atom is 0.161 e. The van der Waals surface area contributed by atoms with Gasteiger partial charge in [-0.15, -0.1) is 0 Å². The lowest BCUT2D eigenvalue weighted by atomic mass is 9.92. The van der Waals surface area contributed by atoms with Crippen molar-refractivity contribution in [3.63, 3.8) is 0 Å². The van der Waals surface area contributed by atoms with Gasteiger partial charge in [0.25, 0.3) is 0 Å². The Kier molecular flexibility index (Phi) is 7.09. The van der Waals surface area contributed by atoms with Crippen LogP contribution in [0.15, 0.2) is 30.4 Å². The van der Waals surface area contributed by atoms with E-state index in [9.17, 15) is 0 Å². The number of allylic oxidation sites excluding steroid dienone is 2. The summed E-state index contributed by atoms with van der Waals surface area (Å²) < 4.78 is 11.0. The summed E-state index contributed by atoms with van der Waals surface area (Å²) in [5.74, 6) is 2.21. The van der Waals surface area contributed by atoms with Gasteiger partial charge in [0.05, 0.1) is 13.7 Å². The minimum Gasteiger partial charge on any atom is -0.493 e. The molecule has 0 fully saturated rings. The van der Waals surface area contributed by atoms with Gasteiger partial charge in [-0.3, -0.25) is 0 Å². The van der Waals surface area contributed by atoms with Crippen LogP contribution in [0.5, 0.6) is 11.5 Å². The highest BCUT2D eigenvalue weighted by Gasteiger charge is 2.11. The third-order valence-corrected chi connectivity index (χ3v) is 3.27. The third-order valence-electron chi connectivity index (χ3n) is 3.27. The highest BCUT2D eigenvalue weighted by molar-refractivity contribution is 5.44. The Morgan fingerprint density at radius 1 is 1.11 bits per heavy atom. The zero-order valence-electron chi connectivity index (χ0n) is 12.6. The van der Waals surface area contributed by atoms with Crippen LogP contribution in [0.3, 0.4) is 0 Å². The summed E-state index contributed by atoms with van der Waals surface area (Å²) in [6.07, 6.45) is 7.82. The molecule has 1 unspecified atom stereocenters. The smallest absolute Gasteiger partial charge is 0.161 e. The average Bonchev–Trinajstić information content (AvgIpc) is 2.45. The second-order valence-electron chi connectivity index (χ2n) is 4.56. The molecule has 0 saturated carbocycles. The molecule has 106 valence electrons. The molecule has 0 N–H and O–H groups in total. The third kappa shape index (κ3) is 4.62. The van der Waals surface area contributed by atoms with E-state index in [4.69, 9.17) is 9.47 Å². The van der Waals surface area contributed by atoms with Crippen LogP contribution in [-0.2, 0) is 0 Å². The molecule has 0 aromatic heterocycles. The molecule has 0 aliphatic rings. The molecule has 0 saturated heterocycles. The highest BCUT2D eigenvalue weighted by atomic mass is 16.5. The minimum absolute atomic E-state index is 0.548. The van der Waals surface area contributed by atoms with E-state index >= 15 is 0 Å². The first kappa shape index (κ1) is 15.6. The zero-order valence-corrected chi connectivity index (χ0v) is 12.6. The maximum atomic E-state index is 5.56. The minimum atomic E-state index is 0.548. The quantitative estimate of drug-likeness (QED) is 0.617. The summed E-state index contributed by atoms with van der Waals surface area (Å²) in [4.78, 5) is 0. The number of hydrogen-bond donors (Lipinski definition) is 0. The van der Waals surface area contributed by atoms with E-state index in [1.165, 1.54) is 5.56 Å². The van der Waals surface area contributed by atoms with E-state index in [1.807, 2.05) is 13.0 Å². The topological polar surface area (TPSA) is 18.5 Å². The van der Waals surface area contributed by atoms with Gasteiger partial charge in [0.2, 0.25) is 0 Å². The van der Waals surface area contributed by atoms with E-state index in [-0.39, 0.29) is 0 Å². The first-order chi connectivity index (χ1) is 9.26. The summed E-state index contributed by atoms with van der Waals surface area (Å²) in [5, 5.41) is 0. The van der Waals surface area contributed by atoms with Crippen LogP contribution in [0.4, 0.5) is 0 Å². The van der Waals surface area contributed by atoms with Crippen LogP contribution in [0.1, 0.15) is 51.5 Å². The first-order valence-corrected chi connectivity index (χ1v) is 7.22. The molecule has 19 heavy (non-hydrogen) atoms. The maximum absolute atomic E-state index is 5.56. The molecule has 1 aromatic rings. The molecule has 0 amide bonds. The highest BCUT2D eigenvalue weighted by Crippen LogP contribution is 2.33. The van der Waals surface area contributed by atoms with Crippen LogP contribution in [0, 0.1) is 0 Å². The van der Waals surface area contributed by atoms with Crippen molar-refractivity contribution >= 4 is 0 Å². The number of benzene rings is 1. The predicted molar refractivity (Wildman–Crippen MR) is 81.2 cm³/mol. The average molecular weight is 262 g/mol. The van der Waals surface area contributed by atoms with Crippen molar-refractivity contribution in [2.75, 3.05) is 13.7 Å². The van der Waals surface area contributed by atoms with E-state index in [0.29, 0.717) is 12.5 Å². The van der Waals surface area contributed by atoms with Crippen molar-refractivity contribution in [3.8, 4) is 11.5 Å². The van der Waals surface area contributed by atoms with Crippen molar-refractivity contribution in [2.24, 2.45) is 0 Å². The van der Waals surface area contributed by atoms with Crippen molar-refractivity contribution in [1.29, 1.82) is 0 Å². The Hall–Kier alpha value is -1.44. The van der Waals surface area contributed by atoms with E-state index in [1.54, 1.807) is 7.11 Å². The zero-order chi connectivity index (χ0) is 14.1. The summed E-state index contributed by atoms with van der Waals surface area (Å²) >= 11 is 0. The number of methoxy groups -OCH3 is 1. The van der Waals surface area contributed by atoms with E-state index in [2.05, 4.69) is 38.1 Å². The monoisotopic (exact) mass is 262 g/mol. The summed E-state index contributed by atoms with van der Waals surface area (Å²) in [6, 6.07) is 6.28. The lowest BCUT2D eigenvalue weighted by molar-refractivity contribution is 0.310. The van der Waals surface area contributed by atoms with E-state index < -0.39 is 0 Å². The van der Waals surface area contributed by atoms with Crippen molar-refractivity contribution in [3.05, 3.63) is 35.9 Å². The second-order valence-corrected chi connectivity index (χ2v) is 4.56. The van der Waals surface area contributed by atoms with Gasteiger partial charge < -0.3 is 9.47 Å². The molecule has 0 aliphatic carbocycles. The van der Waals surface area contributed by atoms with Gasteiger partial charge in [0.15, 0.2) is 11.5 Å². The molecule has 2 nitrogen and oxygen atoms in total. The Balaban J connectivity index is 2.88. The van der Waals surface area contributed by atoms with Gasteiger partial charge in [-0.2, -0.15) is 0 Å². The van der Waals surface area contributed by atoms with Crippen LogP contribution in [-0.4, -0.2) is 13.7 Å². The van der Waals surface area contributed by atoms with Gasteiger partial charge >= 0.3 is 0 Å². The fraction of sp³-hybridized carbons (Fsp3) is 0.529. The van der Waals surface area contributed by atoms with E-state index in [0.717, 1.165) is 30.8 Å². The number of rotatable bonds is 8. The Labute approximate surface area is 117 Å². The summed E-state index contributed by atoms with van der Waals surface area (Å²) in [6.45, 7) is 7.04. The van der Waals surface area contributed by atoms with Gasteiger partial charge in [-0.25, -0.2) is 0 Å². The van der Waals surface area contributed by atoms with Crippen molar-refractivity contribution < 1.29 is 9.47 Å². The molecule has 0 spiro atoms. The van der Waals surface area contributed by atoms with Crippen LogP contribution in [0.25, 0.3) is 0 Å². The fourth-order valence-corrected chi connectivity index (χ4v) is 2.18. The molecular formula is C17H26O2. The normalized spacial score (nSPS) is 12.6. The second kappa shape index (κ2) is 8.63. The lowest BCUT2D eigenvalue weighted by Gasteiger charge is -2.16. The first-order valence-electron chi connectivity index (χ1n) is 7.22. The summed E-state index contributed by atoms with van der Waals surface area (Å²) in [7, 11) is 1.69. The Morgan fingerprint density at radius 3 is 2.47 bits per heavy atom. The largest absolute Gasteiger partial charge is 0.493 e. The lowest BCUT2D eigenvalue weighted by Crippen LogP contribution is -2.00. The molecular weight excluding hydrogens is 236 g/mol. The fourth-order valence-electron chi connectivity index (χ4n) is 2.18. The molecule has 0 radical (unpaired) electrons. The standard InChI is InChI=1S/C17H26O2/c1-5-8-9-10-14(6-2)15-11-12-16(19-7-3)17(13-15)18-4/h8-9,11-14H,5-7,10H2,1-4H3/b9-8-. The SMILES string of the molecule is CC/C=C\CC(CC)c1ccc(OCC)c(OC)c1. The van der Waals surface area contributed by atoms with Gasteiger partial charge in [0.1, 0.15) is 0 Å². The van der Waals surface area contributed by atoms with Gasteiger partial charge in [-0.1, -0.05) is 32.1 Å². The molecule has 0 bridgehead atoms. The van der Waals surface area contributed by atoms with Crippen molar-refractivity contribution in [2.45, 2.75) is 46.0 Å². The molecule has 2 heteroatoms. The predicted octanol–water partition coefficient (Wildman–Crippen LogP) is 4.94. The number of ether oxygens (including phenoxy) is 2. The van der Waals surface area contributed by atoms with Crippen LogP contribution < -0.4 is 9.47 Å². The molecule has 0 aliphatic heterocycles. The van der Waals surface area contributed by atoms with Gasteiger partial charge in [0, 0.05) is 0 Å². The Morgan fingerprint density at radius 2 is 1.89 bits per heavy atom. The summed E-state index contributed by atoms with van der Waals surface area (Å²) in [5.41, 5.74) is 1.32. The van der Waals surface area contributed by atoms with Crippen LogP contribution in [0.2, 0.25) is 0 Å². The Bertz CT molecular complexity index is 396. The van der Waals surface area contributed by atoms with Crippen LogP contribution >= 0.6 is 0 Å². The molecule has 1 rings (SSSR count). The van der Waals surface area contributed by atoms with Gasteiger partial charge in [-0.05, 0) is 49.8 Å².